The van der Waals surface area contributed by atoms with Crippen molar-refractivity contribution < 1.29 is 19.9 Å². The lowest BCUT2D eigenvalue weighted by Gasteiger charge is -2.21. The Labute approximate surface area is 189 Å². The summed E-state index contributed by atoms with van der Waals surface area (Å²) in [4.78, 5) is 31.4. The third-order valence-corrected chi connectivity index (χ3v) is 6.70. The maximum absolute atomic E-state index is 11.0. The maximum atomic E-state index is 11.0. The van der Waals surface area contributed by atoms with Gasteiger partial charge >= 0.3 is 6.16 Å². The normalized spacial score (nSPS) is 13.9. The number of thiophene rings is 1. The summed E-state index contributed by atoms with van der Waals surface area (Å²) < 4.78 is 0. The standard InChI is InChI=1S/C21H24N4O2S.CH2O3/c1-13-14(2)28-21-18(13)20(23-19(24-21)16-8-4-3-5-9-16)22-12-15-7-6-10-17(11-15)25(26)27;2-1(3)4/h6-7,10-11,16H,3-5,8-9,12H2,1-2H3,(H,22,23,24);(H2,2,3,4). The number of aromatic nitrogens is 2. The lowest BCUT2D eigenvalue weighted by molar-refractivity contribution is -0.384. The van der Waals surface area contributed by atoms with E-state index in [4.69, 9.17) is 25.0 Å². The van der Waals surface area contributed by atoms with Crippen LogP contribution in [0.15, 0.2) is 24.3 Å². The molecule has 1 saturated carbocycles. The molecule has 1 aliphatic carbocycles. The van der Waals surface area contributed by atoms with Crippen LogP contribution in [-0.2, 0) is 6.54 Å². The summed E-state index contributed by atoms with van der Waals surface area (Å²) in [6.45, 7) is 4.72. The molecule has 0 unspecified atom stereocenters. The van der Waals surface area contributed by atoms with E-state index in [1.807, 2.05) is 6.07 Å². The molecule has 0 atom stereocenters. The Bertz CT molecular complexity index is 1120. The molecule has 0 bridgehead atoms. The van der Waals surface area contributed by atoms with Crippen molar-refractivity contribution in [2.24, 2.45) is 0 Å². The first-order valence-electron chi connectivity index (χ1n) is 10.4. The summed E-state index contributed by atoms with van der Waals surface area (Å²) in [5.41, 5.74) is 2.18. The maximum Gasteiger partial charge on any atom is 0.503 e. The Morgan fingerprint density at radius 1 is 1.22 bits per heavy atom. The number of hydrogen-bond donors (Lipinski definition) is 3. The van der Waals surface area contributed by atoms with Crippen molar-refractivity contribution in [2.45, 2.75) is 58.4 Å². The minimum atomic E-state index is -1.83. The lowest BCUT2D eigenvalue weighted by Crippen LogP contribution is -2.11. The van der Waals surface area contributed by atoms with Crippen LogP contribution in [0.25, 0.3) is 10.2 Å². The molecule has 0 radical (unpaired) electrons. The van der Waals surface area contributed by atoms with Gasteiger partial charge in [0.05, 0.1) is 10.3 Å². The molecule has 1 fully saturated rings. The second kappa shape index (κ2) is 10.4. The number of rotatable bonds is 5. The van der Waals surface area contributed by atoms with Crippen LogP contribution in [0, 0.1) is 24.0 Å². The van der Waals surface area contributed by atoms with E-state index < -0.39 is 6.16 Å². The van der Waals surface area contributed by atoms with Gasteiger partial charge in [-0.05, 0) is 37.8 Å². The number of benzene rings is 1. The van der Waals surface area contributed by atoms with Crippen LogP contribution in [-0.4, -0.2) is 31.3 Å². The van der Waals surface area contributed by atoms with E-state index >= 15 is 0 Å². The monoisotopic (exact) mass is 458 g/mol. The average molecular weight is 459 g/mol. The molecule has 1 aliphatic rings. The van der Waals surface area contributed by atoms with Gasteiger partial charge in [0.15, 0.2) is 0 Å². The van der Waals surface area contributed by atoms with Gasteiger partial charge in [-0.3, -0.25) is 10.1 Å². The number of non-ortho nitro benzene ring substituents is 1. The lowest BCUT2D eigenvalue weighted by atomic mass is 9.88. The number of nitro groups is 1. The van der Waals surface area contributed by atoms with E-state index in [1.54, 1.807) is 23.5 Å². The third-order valence-electron chi connectivity index (χ3n) is 5.60. The zero-order chi connectivity index (χ0) is 23.3. The first-order chi connectivity index (χ1) is 15.3. The van der Waals surface area contributed by atoms with Gasteiger partial charge in [0.1, 0.15) is 16.5 Å². The molecule has 2 heterocycles. The number of nitro benzene ring substituents is 1. The first-order valence-corrected chi connectivity index (χ1v) is 11.2. The molecule has 3 aromatic rings. The highest BCUT2D eigenvalue weighted by molar-refractivity contribution is 7.18. The highest BCUT2D eigenvalue weighted by atomic mass is 32.1. The Morgan fingerprint density at radius 2 is 1.91 bits per heavy atom. The van der Waals surface area contributed by atoms with Crippen molar-refractivity contribution in [1.82, 2.24) is 9.97 Å². The molecular formula is C22H26N4O5S. The van der Waals surface area contributed by atoms with Crippen molar-refractivity contribution in [3.05, 3.63) is 56.2 Å². The molecule has 1 aromatic carbocycles. The van der Waals surface area contributed by atoms with Gasteiger partial charge in [-0.15, -0.1) is 11.3 Å². The van der Waals surface area contributed by atoms with Gasteiger partial charge in [0.2, 0.25) is 0 Å². The number of nitrogens with zero attached hydrogens (tertiary/aromatic N) is 3. The fourth-order valence-corrected chi connectivity index (χ4v) is 4.94. The Kier molecular flexibility index (Phi) is 7.57. The molecule has 2 aromatic heterocycles. The van der Waals surface area contributed by atoms with Gasteiger partial charge in [-0.25, -0.2) is 14.8 Å². The first kappa shape index (κ1) is 23.4. The predicted octanol–water partition coefficient (Wildman–Crippen LogP) is 6.10. The Balaban J connectivity index is 0.000000668. The molecule has 4 rings (SSSR count). The van der Waals surface area contributed by atoms with Crippen LogP contribution >= 0.6 is 11.3 Å². The van der Waals surface area contributed by atoms with Crippen LogP contribution in [0.2, 0.25) is 0 Å². The Morgan fingerprint density at radius 3 is 2.56 bits per heavy atom. The zero-order valence-electron chi connectivity index (χ0n) is 18.0. The van der Waals surface area contributed by atoms with Gasteiger partial charge in [0, 0.05) is 29.5 Å². The van der Waals surface area contributed by atoms with E-state index in [2.05, 4.69) is 19.2 Å². The third kappa shape index (κ3) is 5.70. The van der Waals surface area contributed by atoms with Crippen molar-refractivity contribution >= 4 is 39.2 Å². The minimum absolute atomic E-state index is 0.109. The van der Waals surface area contributed by atoms with Gasteiger partial charge in [0.25, 0.3) is 5.69 Å². The highest BCUT2D eigenvalue weighted by Gasteiger charge is 2.22. The molecule has 10 heteroatoms. The summed E-state index contributed by atoms with van der Waals surface area (Å²) in [7, 11) is 0. The largest absolute Gasteiger partial charge is 0.503 e. The van der Waals surface area contributed by atoms with Crippen LogP contribution in [0.1, 0.15) is 59.9 Å². The molecule has 9 nitrogen and oxygen atoms in total. The molecule has 0 saturated heterocycles. The van der Waals surface area contributed by atoms with Crippen LogP contribution < -0.4 is 5.32 Å². The van der Waals surface area contributed by atoms with Crippen molar-refractivity contribution in [3.8, 4) is 0 Å². The number of anilines is 1. The fraction of sp³-hybridized carbons (Fsp3) is 0.409. The SMILES string of the molecule is Cc1sc2nc(C3CCCCC3)nc(NCc3cccc([N+](=O)[O-])c3)c2c1C.O=C(O)O. The number of fused-ring (bicyclic) bond motifs is 1. The molecule has 0 amide bonds. The summed E-state index contributed by atoms with van der Waals surface area (Å²) in [5, 5.41) is 29.5. The molecule has 0 aliphatic heterocycles. The number of nitrogens with one attached hydrogen (secondary N) is 1. The van der Waals surface area contributed by atoms with Crippen LogP contribution in [0.4, 0.5) is 16.3 Å². The average Bonchev–Trinajstić information content (AvgIpc) is 3.06. The van der Waals surface area contributed by atoms with Crippen LogP contribution in [0.5, 0.6) is 0 Å². The van der Waals surface area contributed by atoms with Crippen LogP contribution in [0.3, 0.4) is 0 Å². The second-order valence-corrected chi connectivity index (χ2v) is 9.00. The topological polar surface area (TPSA) is 138 Å². The van der Waals surface area contributed by atoms with Gasteiger partial charge in [-0.1, -0.05) is 31.4 Å². The number of carbonyl (C=O) groups is 1. The highest BCUT2D eigenvalue weighted by Crippen LogP contribution is 2.37. The summed E-state index contributed by atoms with van der Waals surface area (Å²) in [6, 6.07) is 6.74. The molecule has 0 spiro atoms. The molecule has 3 N–H and O–H groups in total. The van der Waals surface area contributed by atoms with E-state index in [9.17, 15) is 10.1 Å². The Hall–Kier alpha value is -3.27. The summed E-state index contributed by atoms with van der Waals surface area (Å²) >= 11 is 1.72. The van der Waals surface area contributed by atoms with Gasteiger partial charge in [-0.2, -0.15) is 0 Å². The van der Waals surface area contributed by atoms with E-state index in [-0.39, 0.29) is 10.6 Å². The van der Waals surface area contributed by atoms with Gasteiger partial charge < -0.3 is 15.5 Å². The number of hydrogen-bond acceptors (Lipinski definition) is 7. The van der Waals surface area contributed by atoms with Crippen molar-refractivity contribution in [1.29, 1.82) is 0 Å². The minimum Gasteiger partial charge on any atom is -0.450 e. The predicted molar refractivity (Wildman–Crippen MR) is 124 cm³/mol. The van der Waals surface area contributed by atoms with E-state index in [0.29, 0.717) is 12.5 Å². The molecule has 170 valence electrons. The van der Waals surface area contributed by atoms with Crippen molar-refractivity contribution in [3.63, 3.8) is 0 Å². The molecule has 32 heavy (non-hydrogen) atoms. The number of carboxylic acid groups (broad SMARTS) is 2. The summed E-state index contributed by atoms with van der Waals surface area (Å²) in [6.07, 6.45) is 4.25. The quantitative estimate of drug-likeness (QED) is 0.308. The molecular weight excluding hydrogens is 432 g/mol. The number of aryl methyl sites for hydroxylation is 2. The second-order valence-electron chi connectivity index (χ2n) is 7.79. The zero-order valence-corrected chi connectivity index (χ0v) is 18.8. The summed E-state index contributed by atoms with van der Waals surface area (Å²) in [5.74, 6) is 2.22. The van der Waals surface area contributed by atoms with E-state index in [1.165, 1.54) is 35.8 Å². The fourth-order valence-electron chi connectivity index (χ4n) is 3.90. The van der Waals surface area contributed by atoms with E-state index in [0.717, 1.165) is 40.3 Å². The smallest absolute Gasteiger partial charge is 0.450 e. The van der Waals surface area contributed by atoms with Crippen molar-refractivity contribution in [2.75, 3.05) is 5.32 Å².